The van der Waals surface area contributed by atoms with E-state index in [1.165, 1.54) is 16.0 Å². The zero-order valence-electron chi connectivity index (χ0n) is 18.0. The van der Waals surface area contributed by atoms with Gasteiger partial charge in [-0.2, -0.15) is 5.10 Å². The second-order valence-electron chi connectivity index (χ2n) is 8.13. The molecular weight excluding hydrogens is 428 g/mol. The molecule has 4 aromatic heterocycles. The van der Waals surface area contributed by atoms with Crippen molar-refractivity contribution in [3.05, 3.63) is 102 Å². The van der Waals surface area contributed by atoms with Crippen molar-refractivity contribution in [2.45, 2.75) is 19.5 Å². The number of fused-ring (bicyclic) bond motifs is 1. The molecule has 0 amide bonds. The number of hydrogen-bond acceptors (Lipinski definition) is 6. The monoisotopic (exact) mass is 450 g/mol. The largest absolute Gasteiger partial charge is 0.294 e. The second-order valence-corrected chi connectivity index (χ2v) is 9.08. The molecule has 6 nitrogen and oxygen atoms in total. The number of aromatic nitrogens is 5. The zero-order valence-corrected chi connectivity index (χ0v) is 18.8. The maximum atomic E-state index is 4.95. The van der Waals surface area contributed by atoms with Crippen LogP contribution in [0.3, 0.4) is 0 Å². The third kappa shape index (κ3) is 4.08. The normalized spacial score (nSPS) is 13.7. The van der Waals surface area contributed by atoms with Crippen molar-refractivity contribution in [1.82, 2.24) is 29.6 Å². The molecule has 0 spiro atoms. The predicted molar refractivity (Wildman–Crippen MR) is 130 cm³/mol. The predicted octanol–water partition coefficient (Wildman–Crippen LogP) is 5.01. The van der Waals surface area contributed by atoms with Gasteiger partial charge in [-0.1, -0.05) is 24.3 Å². The number of nitrogens with zero attached hydrogens (tertiary/aromatic N) is 6. The number of thiophene rings is 1. The van der Waals surface area contributed by atoms with E-state index in [4.69, 9.17) is 10.1 Å². The Morgan fingerprint density at radius 3 is 2.73 bits per heavy atom. The van der Waals surface area contributed by atoms with Crippen LogP contribution in [0.25, 0.3) is 27.6 Å². The Balaban J connectivity index is 1.26. The summed E-state index contributed by atoms with van der Waals surface area (Å²) in [6.07, 6.45) is 8.64. The van der Waals surface area contributed by atoms with Gasteiger partial charge in [0.25, 0.3) is 0 Å². The van der Waals surface area contributed by atoms with E-state index in [2.05, 4.69) is 50.7 Å². The van der Waals surface area contributed by atoms with Gasteiger partial charge in [0.05, 0.1) is 16.3 Å². The van der Waals surface area contributed by atoms with Crippen LogP contribution in [-0.4, -0.2) is 36.2 Å². The summed E-state index contributed by atoms with van der Waals surface area (Å²) in [6, 6.07) is 18.4. The lowest BCUT2D eigenvalue weighted by atomic mass is 10.1. The average molecular weight is 451 g/mol. The van der Waals surface area contributed by atoms with E-state index < -0.39 is 0 Å². The molecule has 7 heteroatoms. The topological polar surface area (TPSA) is 59.7 Å². The molecule has 1 aliphatic heterocycles. The molecular formula is C26H22N6S. The van der Waals surface area contributed by atoms with Gasteiger partial charge in [-0.3, -0.25) is 9.88 Å². The molecule has 162 valence electrons. The van der Waals surface area contributed by atoms with Crippen LogP contribution < -0.4 is 0 Å². The van der Waals surface area contributed by atoms with E-state index in [0.29, 0.717) is 0 Å². The minimum atomic E-state index is 0.749. The summed E-state index contributed by atoms with van der Waals surface area (Å²) in [7, 11) is 0. The summed E-state index contributed by atoms with van der Waals surface area (Å²) in [5.41, 5.74) is 6.65. The maximum Gasteiger partial charge on any atom is 0.160 e. The fourth-order valence-electron chi connectivity index (χ4n) is 4.24. The van der Waals surface area contributed by atoms with Crippen LogP contribution in [0.2, 0.25) is 0 Å². The number of pyridine rings is 1. The van der Waals surface area contributed by atoms with E-state index in [1.54, 1.807) is 17.5 Å². The molecule has 0 bridgehead atoms. The van der Waals surface area contributed by atoms with Crippen molar-refractivity contribution >= 4 is 11.3 Å². The lowest BCUT2D eigenvalue weighted by Crippen LogP contribution is -2.31. The Hall–Kier alpha value is -3.68. The Bertz CT molecular complexity index is 1360. The third-order valence-corrected chi connectivity index (χ3v) is 6.77. The van der Waals surface area contributed by atoms with Crippen LogP contribution in [0.1, 0.15) is 16.8 Å². The van der Waals surface area contributed by atoms with Crippen molar-refractivity contribution in [2.75, 3.05) is 6.54 Å². The summed E-state index contributed by atoms with van der Waals surface area (Å²) in [5, 5.41) is 7.05. The summed E-state index contributed by atoms with van der Waals surface area (Å²) >= 11 is 1.73. The van der Waals surface area contributed by atoms with Gasteiger partial charge in [0, 0.05) is 67.5 Å². The van der Waals surface area contributed by atoms with Crippen molar-refractivity contribution in [3.8, 4) is 27.6 Å². The van der Waals surface area contributed by atoms with Crippen molar-refractivity contribution in [1.29, 1.82) is 0 Å². The Morgan fingerprint density at radius 2 is 1.91 bits per heavy atom. The fourth-order valence-corrected chi connectivity index (χ4v) is 4.99. The standard InChI is InChI=1S/C26H22N6S/c1-2-7-22(8-3-1)32-18-21(25(30-32)24-9-5-13-33-24)17-31-12-10-23-20(16-31)15-28-26(29-23)19-6-4-11-27-14-19/h1-9,11,13-15,18H,10,12,16-17H2. The minimum absolute atomic E-state index is 0.749. The van der Waals surface area contributed by atoms with Crippen LogP contribution in [0.4, 0.5) is 0 Å². The average Bonchev–Trinajstić information content (AvgIpc) is 3.55. The second kappa shape index (κ2) is 8.69. The highest BCUT2D eigenvalue weighted by molar-refractivity contribution is 7.13. The van der Waals surface area contributed by atoms with Crippen molar-refractivity contribution in [2.24, 2.45) is 0 Å². The quantitative estimate of drug-likeness (QED) is 0.377. The van der Waals surface area contributed by atoms with Gasteiger partial charge in [0.15, 0.2) is 5.82 Å². The number of benzene rings is 1. The maximum absolute atomic E-state index is 4.95. The molecule has 0 saturated carbocycles. The minimum Gasteiger partial charge on any atom is -0.294 e. The highest BCUT2D eigenvalue weighted by atomic mass is 32.1. The van der Waals surface area contributed by atoms with E-state index in [0.717, 1.165) is 54.5 Å². The first-order chi connectivity index (χ1) is 16.3. The molecule has 0 fully saturated rings. The highest BCUT2D eigenvalue weighted by Crippen LogP contribution is 2.30. The van der Waals surface area contributed by atoms with E-state index >= 15 is 0 Å². The van der Waals surface area contributed by atoms with Gasteiger partial charge < -0.3 is 0 Å². The van der Waals surface area contributed by atoms with Gasteiger partial charge in [0.1, 0.15) is 5.69 Å². The molecule has 0 atom stereocenters. The SMILES string of the molecule is c1ccc(-n2cc(CN3CCc4nc(-c5cccnc5)ncc4C3)c(-c3cccs3)n2)cc1. The van der Waals surface area contributed by atoms with Crippen LogP contribution in [0, 0.1) is 0 Å². The van der Waals surface area contributed by atoms with Crippen molar-refractivity contribution in [3.63, 3.8) is 0 Å². The highest BCUT2D eigenvalue weighted by Gasteiger charge is 2.22. The number of rotatable bonds is 5. The smallest absolute Gasteiger partial charge is 0.160 e. The van der Waals surface area contributed by atoms with Crippen LogP contribution in [-0.2, 0) is 19.5 Å². The number of para-hydroxylation sites is 1. The molecule has 0 aliphatic carbocycles. The van der Waals surface area contributed by atoms with Crippen LogP contribution >= 0.6 is 11.3 Å². The summed E-state index contributed by atoms with van der Waals surface area (Å²) in [4.78, 5) is 17.3. The summed E-state index contributed by atoms with van der Waals surface area (Å²) in [5.74, 6) is 0.749. The third-order valence-electron chi connectivity index (χ3n) is 5.89. The Labute approximate surface area is 196 Å². The summed E-state index contributed by atoms with van der Waals surface area (Å²) in [6.45, 7) is 2.63. The molecule has 5 heterocycles. The molecule has 0 radical (unpaired) electrons. The molecule has 6 rings (SSSR count). The van der Waals surface area contributed by atoms with Crippen molar-refractivity contribution < 1.29 is 0 Å². The molecule has 33 heavy (non-hydrogen) atoms. The molecule has 0 unspecified atom stereocenters. The first-order valence-electron chi connectivity index (χ1n) is 11.0. The van der Waals surface area contributed by atoms with Crippen LogP contribution in [0.5, 0.6) is 0 Å². The van der Waals surface area contributed by atoms with Gasteiger partial charge in [-0.25, -0.2) is 14.6 Å². The summed E-state index contributed by atoms with van der Waals surface area (Å²) < 4.78 is 1.99. The number of hydrogen-bond donors (Lipinski definition) is 0. The molecule has 1 aromatic carbocycles. The van der Waals surface area contributed by atoms with Crippen LogP contribution in [0.15, 0.2) is 84.8 Å². The van der Waals surface area contributed by atoms with Gasteiger partial charge in [0.2, 0.25) is 0 Å². The van der Waals surface area contributed by atoms with E-state index in [1.807, 2.05) is 47.4 Å². The molecule has 0 saturated heterocycles. The van der Waals surface area contributed by atoms with Gasteiger partial charge in [-0.05, 0) is 35.7 Å². The van der Waals surface area contributed by atoms with E-state index in [9.17, 15) is 0 Å². The Morgan fingerprint density at radius 1 is 0.970 bits per heavy atom. The fraction of sp³-hybridized carbons (Fsp3) is 0.154. The van der Waals surface area contributed by atoms with Gasteiger partial charge in [-0.15, -0.1) is 11.3 Å². The Kier molecular flexibility index (Phi) is 5.26. The molecule has 0 N–H and O–H groups in total. The molecule has 5 aromatic rings. The first kappa shape index (κ1) is 20.0. The van der Waals surface area contributed by atoms with Gasteiger partial charge >= 0.3 is 0 Å². The molecule has 1 aliphatic rings. The lowest BCUT2D eigenvalue weighted by Gasteiger charge is -2.27. The zero-order chi connectivity index (χ0) is 22.0. The van der Waals surface area contributed by atoms with E-state index in [-0.39, 0.29) is 0 Å². The first-order valence-corrected chi connectivity index (χ1v) is 11.9. The lowest BCUT2D eigenvalue weighted by molar-refractivity contribution is 0.243.